The molecule has 1 amide bonds. The Labute approximate surface area is 195 Å². The molecule has 1 atom stereocenters. The molecule has 33 heavy (non-hydrogen) atoms. The van der Waals surface area contributed by atoms with Gasteiger partial charge in [-0.1, -0.05) is 30.3 Å². The molecule has 3 rings (SSSR count). The zero-order chi connectivity index (χ0) is 23.8. The fraction of sp³-hybridized carbons (Fsp3) is 0.240. The number of hydrogen-bond acceptors (Lipinski definition) is 5. The van der Waals surface area contributed by atoms with Gasteiger partial charge in [0.15, 0.2) is 0 Å². The number of benzene rings is 3. The quantitative estimate of drug-likeness (QED) is 0.478. The minimum Gasteiger partial charge on any atom is -0.494 e. The molecule has 0 aliphatic carbocycles. The number of sulfonamides is 1. The van der Waals surface area contributed by atoms with Crippen LogP contribution in [0.25, 0.3) is 0 Å². The molecule has 1 N–H and O–H groups in total. The number of carbonyl (C=O) groups is 1. The Morgan fingerprint density at radius 2 is 1.48 bits per heavy atom. The predicted molar refractivity (Wildman–Crippen MR) is 129 cm³/mol. The normalized spacial score (nSPS) is 12.0. The molecular formula is C25H28N2O5S. The molecule has 0 saturated heterocycles. The molecule has 7 nitrogen and oxygen atoms in total. The third-order valence-electron chi connectivity index (χ3n) is 4.86. The lowest BCUT2D eigenvalue weighted by molar-refractivity contribution is -0.122. The lowest BCUT2D eigenvalue weighted by Crippen LogP contribution is -2.47. The monoisotopic (exact) mass is 468 g/mol. The smallest absolute Gasteiger partial charge is 0.243 e. The Balaban J connectivity index is 1.69. The molecule has 8 heteroatoms. The number of nitrogens with zero attached hydrogens (tertiary/aromatic N) is 1. The first-order valence-electron chi connectivity index (χ1n) is 10.6. The average molecular weight is 469 g/mol. The summed E-state index contributed by atoms with van der Waals surface area (Å²) in [7, 11) is -3.71. The van der Waals surface area contributed by atoms with Gasteiger partial charge >= 0.3 is 0 Å². The fourth-order valence-corrected chi connectivity index (χ4v) is 4.48. The van der Waals surface area contributed by atoms with E-state index in [1.165, 1.54) is 0 Å². The van der Waals surface area contributed by atoms with E-state index in [-0.39, 0.29) is 6.54 Å². The molecule has 0 spiro atoms. The Bertz CT molecular complexity index is 1150. The number of carbonyl (C=O) groups excluding carboxylic acids is 1. The van der Waals surface area contributed by atoms with Gasteiger partial charge in [-0.3, -0.25) is 9.10 Å². The summed E-state index contributed by atoms with van der Waals surface area (Å²) >= 11 is 0. The molecule has 0 fully saturated rings. The van der Waals surface area contributed by atoms with Crippen molar-refractivity contribution in [1.29, 1.82) is 0 Å². The van der Waals surface area contributed by atoms with Gasteiger partial charge in [0.25, 0.3) is 0 Å². The van der Waals surface area contributed by atoms with Gasteiger partial charge in [-0.15, -0.1) is 0 Å². The molecule has 3 aromatic rings. The molecule has 0 aromatic heterocycles. The number of nitrogens with one attached hydrogen (secondary N) is 1. The number of para-hydroxylation sites is 1. The lowest BCUT2D eigenvalue weighted by Gasteiger charge is -2.28. The SMILES string of the molecule is CCOc1ccc(CNC(=O)[C@@H](C)N(c2ccc(Oc3ccccc3)cc2)S(C)(=O)=O)cc1. The van der Waals surface area contributed by atoms with Crippen molar-refractivity contribution in [2.45, 2.75) is 26.4 Å². The molecule has 0 heterocycles. The number of ether oxygens (including phenoxy) is 2. The van der Waals surface area contributed by atoms with Gasteiger partial charge in [0.05, 0.1) is 18.6 Å². The van der Waals surface area contributed by atoms with Crippen molar-refractivity contribution in [3.05, 3.63) is 84.4 Å². The van der Waals surface area contributed by atoms with E-state index in [9.17, 15) is 13.2 Å². The second-order valence-corrected chi connectivity index (χ2v) is 9.30. The molecule has 0 aliphatic rings. The van der Waals surface area contributed by atoms with E-state index in [4.69, 9.17) is 9.47 Å². The summed E-state index contributed by atoms with van der Waals surface area (Å²) in [6.07, 6.45) is 1.08. The van der Waals surface area contributed by atoms with Crippen LogP contribution < -0.4 is 19.1 Å². The molecule has 3 aromatic carbocycles. The first kappa shape index (κ1) is 24.1. The van der Waals surface area contributed by atoms with E-state index in [2.05, 4.69) is 5.32 Å². The number of amides is 1. The van der Waals surface area contributed by atoms with E-state index in [0.29, 0.717) is 23.8 Å². The molecule has 0 unspecified atom stereocenters. The van der Waals surface area contributed by atoms with Crippen molar-refractivity contribution >= 4 is 21.6 Å². The van der Waals surface area contributed by atoms with Crippen molar-refractivity contribution in [2.24, 2.45) is 0 Å². The largest absolute Gasteiger partial charge is 0.494 e. The molecule has 0 radical (unpaired) electrons. The van der Waals surface area contributed by atoms with Gasteiger partial charge in [0.1, 0.15) is 23.3 Å². The molecular weight excluding hydrogens is 440 g/mol. The van der Waals surface area contributed by atoms with Crippen LogP contribution in [-0.4, -0.2) is 33.2 Å². The second-order valence-electron chi connectivity index (χ2n) is 7.44. The summed E-state index contributed by atoms with van der Waals surface area (Å²) in [5.74, 6) is 1.58. The zero-order valence-electron chi connectivity index (χ0n) is 18.9. The highest BCUT2D eigenvalue weighted by Crippen LogP contribution is 2.27. The molecule has 0 aliphatic heterocycles. The van der Waals surface area contributed by atoms with Crippen molar-refractivity contribution in [2.75, 3.05) is 17.2 Å². The highest BCUT2D eigenvalue weighted by atomic mass is 32.2. The fourth-order valence-electron chi connectivity index (χ4n) is 3.30. The maximum atomic E-state index is 12.8. The van der Waals surface area contributed by atoms with Gasteiger partial charge in [-0.25, -0.2) is 8.42 Å². The van der Waals surface area contributed by atoms with E-state index >= 15 is 0 Å². The van der Waals surface area contributed by atoms with Gasteiger partial charge < -0.3 is 14.8 Å². The molecule has 0 bridgehead atoms. The number of anilines is 1. The third kappa shape index (κ3) is 6.73. The van der Waals surface area contributed by atoms with Crippen molar-refractivity contribution in [3.63, 3.8) is 0 Å². The first-order chi connectivity index (χ1) is 15.8. The summed E-state index contributed by atoms with van der Waals surface area (Å²) in [5.41, 5.74) is 1.26. The van der Waals surface area contributed by atoms with Crippen LogP contribution in [0.15, 0.2) is 78.9 Å². The van der Waals surface area contributed by atoms with Crippen LogP contribution >= 0.6 is 0 Å². The molecule has 0 saturated carbocycles. The van der Waals surface area contributed by atoms with Crippen LogP contribution in [0.5, 0.6) is 17.2 Å². The minimum atomic E-state index is -3.71. The minimum absolute atomic E-state index is 0.275. The summed E-state index contributed by atoms with van der Waals surface area (Å²) in [6, 6.07) is 22.3. The Morgan fingerprint density at radius 1 is 0.909 bits per heavy atom. The lowest BCUT2D eigenvalue weighted by atomic mass is 10.2. The van der Waals surface area contributed by atoms with Crippen LogP contribution in [0.2, 0.25) is 0 Å². The van der Waals surface area contributed by atoms with Crippen molar-refractivity contribution in [1.82, 2.24) is 5.32 Å². The third-order valence-corrected chi connectivity index (χ3v) is 6.10. The summed E-state index contributed by atoms with van der Waals surface area (Å²) in [6.45, 7) is 4.32. The molecule has 174 valence electrons. The van der Waals surface area contributed by atoms with Crippen LogP contribution in [0.1, 0.15) is 19.4 Å². The highest BCUT2D eigenvalue weighted by Gasteiger charge is 2.29. The standard InChI is InChI=1S/C25H28N2O5S/c1-4-31-22-14-10-20(11-15-22)18-26-25(28)19(2)27(33(3,29)30)21-12-16-24(17-13-21)32-23-8-6-5-7-9-23/h5-17,19H,4,18H2,1-3H3,(H,26,28)/t19-/m1/s1. The van der Waals surface area contributed by atoms with Crippen LogP contribution in [0, 0.1) is 0 Å². The van der Waals surface area contributed by atoms with E-state index < -0.39 is 22.0 Å². The van der Waals surface area contributed by atoms with E-state index in [1.807, 2.05) is 61.5 Å². The van der Waals surface area contributed by atoms with Gasteiger partial charge in [-0.05, 0) is 67.9 Å². The first-order valence-corrected chi connectivity index (χ1v) is 12.4. The predicted octanol–water partition coefficient (Wildman–Crippen LogP) is 4.35. The van der Waals surface area contributed by atoms with Gasteiger partial charge in [-0.2, -0.15) is 0 Å². The number of hydrogen-bond donors (Lipinski definition) is 1. The van der Waals surface area contributed by atoms with Gasteiger partial charge in [0, 0.05) is 6.54 Å². The second kappa shape index (κ2) is 10.9. The van der Waals surface area contributed by atoms with Gasteiger partial charge in [0.2, 0.25) is 15.9 Å². The van der Waals surface area contributed by atoms with Crippen molar-refractivity contribution < 1.29 is 22.7 Å². The van der Waals surface area contributed by atoms with Crippen LogP contribution in [-0.2, 0) is 21.4 Å². The van der Waals surface area contributed by atoms with Crippen molar-refractivity contribution in [3.8, 4) is 17.2 Å². The average Bonchev–Trinajstić information content (AvgIpc) is 2.79. The zero-order valence-corrected chi connectivity index (χ0v) is 19.7. The maximum absolute atomic E-state index is 12.8. The summed E-state index contributed by atoms with van der Waals surface area (Å²) < 4.78 is 37.3. The van der Waals surface area contributed by atoms with E-state index in [1.54, 1.807) is 31.2 Å². The Morgan fingerprint density at radius 3 is 2.06 bits per heavy atom. The Hall–Kier alpha value is -3.52. The summed E-state index contributed by atoms with van der Waals surface area (Å²) in [5, 5.41) is 2.81. The summed E-state index contributed by atoms with van der Waals surface area (Å²) in [4.78, 5) is 12.8. The topological polar surface area (TPSA) is 84.9 Å². The van der Waals surface area contributed by atoms with Crippen LogP contribution in [0.3, 0.4) is 0 Å². The maximum Gasteiger partial charge on any atom is 0.243 e. The number of rotatable bonds is 10. The Kier molecular flexibility index (Phi) is 7.95. The van der Waals surface area contributed by atoms with Crippen LogP contribution in [0.4, 0.5) is 5.69 Å². The highest BCUT2D eigenvalue weighted by molar-refractivity contribution is 7.92. The van der Waals surface area contributed by atoms with E-state index in [0.717, 1.165) is 21.9 Å².